The maximum Gasteiger partial charge on any atom is 0.290 e. The van der Waals surface area contributed by atoms with Crippen molar-refractivity contribution < 1.29 is 23.5 Å². The van der Waals surface area contributed by atoms with Gasteiger partial charge in [-0.15, -0.1) is 0 Å². The lowest BCUT2D eigenvalue weighted by atomic mass is 10.1. The van der Waals surface area contributed by atoms with Gasteiger partial charge in [0, 0.05) is 20.1 Å². The van der Waals surface area contributed by atoms with Gasteiger partial charge in [-0.25, -0.2) is 0 Å². The lowest BCUT2D eigenvalue weighted by Gasteiger charge is -2.22. The van der Waals surface area contributed by atoms with Crippen LogP contribution in [0.4, 0.5) is 0 Å². The third-order valence-electron chi connectivity index (χ3n) is 4.21. The smallest absolute Gasteiger partial charge is 0.290 e. The zero-order valence-electron chi connectivity index (χ0n) is 14.6. The molecule has 0 aliphatic carbocycles. The molecule has 2 heterocycles. The Bertz CT molecular complexity index is 717. The number of benzene rings is 1. The molecule has 0 spiro atoms. The van der Waals surface area contributed by atoms with E-state index in [2.05, 4.69) is 5.32 Å². The lowest BCUT2D eigenvalue weighted by molar-refractivity contribution is -0.125. The van der Waals surface area contributed by atoms with Gasteiger partial charge >= 0.3 is 0 Å². The minimum absolute atomic E-state index is 0.208. The average Bonchev–Trinajstić information content (AvgIpc) is 3.32. The number of amides is 2. The molecule has 1 N–H and O–H groups in total. The maximum absolute atomic E-state index is 12.7. The number of hydrogen-bond acceptors (Lipinski definition) is 5. The number of carbonyl (C=O) groups is 2. The second kappa shape index (κ2) is 8.53. The predicted octanol–water partition coefficient (Wildman–Crippen LogP) is 1.70. The van der Waals surface area contributed by atoms with Crippen LogP contribution in [0.2, 0.25) is 0 Å². The SMILES string of the molecule is COCCNC(=O)C1CC(Oc2ccccc2)CN1C(=O)c1ccco1. The van der Waals surface area contributed by atoms with E-state index in [1.54, 1.807) is 19.2 Å². The van der Waals surface area contributed by atoms with Crippen molar-refractivity contribution in [3.8, 4) is 5.75 Å². The van der Waals surface area contributed by atoms with E-state index in [1.165, 1.54) is 11.2 Å². The average molecular weight is 358 g/mol. The Labute approximate surface area is 151 Å². The van der Waals surface area contributed by atoms with Gasteiger partial charge in [0.1, 0.15) is 17.9 Å². The number of nitrogens with zero attached hydrogens (tertiary/aromatic N) is 1. The van der Waals surface area contributed by atoms with Gasteiger partial charge < -0.3 is 24.1 Å². The molecule has 2 amide bonds. The van der Waals surface area contributed by atoms with Gasteiger partial charge in [-0.3, -0.25) is 9.59 Å². The number of nitrogens with one attached hydrogen (secondary N) is 1. The Morgan fingerprint density at radius 2 is 2.04 bits per heavy atom. The topological polar surface area (TPSA) is 81.0 Å². The molecule has 0 saturated carbocycles. The van der Waals surface area contributed by atoms with E-state index in [4.69, 9.17) is 13.9 Å². The van der Waals surface area contributed by atoms with Crippen molar-refractivity contribution in [2.75, 3.05) is 26.8 Å². The van der Waals surface area contributed by atoms with Crippen LogP contribution in [0.1, 0.15) is 17.0 Å². The molecule has 1 aliphatic heterocycles. The van der Waals surface area contributed by atoms with Crippen LogP contribution >= 0.6 is 0 Å². The molecule has 2 unspecified atom stereocenters. The van der Waals surface area contributed by atoms with Crippen molar-refractivity contribution in [2.24, 2.45) is 0 Å². The fraction of sp³-hybridized carbons (Fsp3) is 0.368. The summed E-state index contributed by atoms with van der Waals surface area (Å²) in [7, 11) is 1.57. The third-order valence-corrected chi connectivity index (χ3v) is 4.21. The normalized spacial score (nSPS) is 19.3. The minimum Gasteiger partial charge on any atom is -0.488 e. The Balaban J connectivity index is 1.72. The molecule has 1 aromatic carbocycles. The molecule has 1 saturated heterocycles. The van der Waals surface area contributed by atoms with E-state index in [0.29, 0.717) is 31.9 Å². The van der Waals surface area contributed by atoms with Crippen molar-refractivity contribution in [3.05, 3.63) is 54.5 Å². The Morgan fingerprint density at radius 3 is 2.73 bits per heavy atom. The Hall–Kier alpha value is -2.80. The summed E-state index contributed by atoms with van der Waals surface area (Å²) in [5.41, 5.74) is 0. The van der Waals surface area contributed by atoms with Gasteiger partial charge in [0.25, 0.3) is 5.91 Å². The molecular weight excluding hydrogens is 336 g/mol. The van der Waals surface area contributed by atoms with Crippen molar-refractivity contribution in [1.82, 2.24) is 10.2 Å². The first kappa shape index (κ1) is 18.0. The number of para-hydroxylation sites is 1. The monoisotopic (exact) mass is 358 g/mol. The van der Waals surface area contributed by atoms with Crippen LogP contribution in [-0.2, 0) is 9.53 Å². The van der Waals surface area contributed by atoms with Crippen LogP contribution < -0.4 is 10.1 Å². The van der Waals surface area contributed by atoms with Gasteiger partial charge in [0.15, 0.2) is 5.76 Å². The zero-order valence-corrected chi connectivity index (χ0v) is 14.6. The summed E-state index contributed by atoms with van der Waals surface area (Å²) in [5, 5.41) is 2.80. The molecule has 1 aliphatic rings. The second-order valence-corrected chi connectivity index (χ2v) is 6.02. The summed E-state index contributed by atoms with van der Waals surface area (Å²) >= 11 is 0. The summed E-state index contributed by atoms with van der Waals surface area (Å²) in [6.45, 7) is 1.12. The van der Waals surface area contributed by atoms with E-state index in [1.807, 2.05) is 30.3 Å². The summed E-state index contributed by atoms with van der Waals surface area (Å²) < 4.78 is 16.1. The van der Waals surface area contributed by atoms with Crippen LogP contribution in [-0.4, -0.2) is 55.7 Å². The van der Waals surface area contributed by atoms with E-state index in [9.17, 15) is 9.59 Å². The first-order valence-electron chi connectivity index (χ1n) is 8.52. The van der Waals surface area contributed by atoms with E-state index >= 15 is 0 Å². The highest BCUT2D eigenvalue weighted by Gasteiger charge is 2.41. The number of rotatable bonds is 7. The fourth-order valence-corrected chi connectivity index (χ4v) is 2.98. The standard InChI is InChI=1S/C19H22N2O5/c1-24-11-9-20-18(22)16-12-15(26-14-6-3-2-4-7-14)13-21(16)19(23)17-8-5-10-25-17/h2-8,10,15-16H,9,11-13H2,1H3,(H,20,22). The number of furan rings is 1. The van der Waals surface area contributed by atoms with E-state index in [0.717, 1.165) is 0 Å². The van der Waals surface area contributed by atoms with Crippen molar-refractivity contribution in [1.29, 1.82) is 0 Å². The highest BCUT2D eigenvalue weighted by molar-refractivity contribution is 5.96. The molecule has 0 bridgehead atoms. The Kier molecular flexibility index (Phi) is 5.91. The van der Waals surface area contributed by atoms with Crippen LogP contribution in [0.15, 0.2) is 53.1 Å². The first-order chi connectivity index (χ1) is 12.7. The van der Waals surface area contributed by atoms with Crippen LogP contribution in [0.25, 0.3) is 0 Å². The number of ether oxygens (including phenoxy) is 2. The highest BCUT2D eigenvalue weighted by Crippen LogP contribution is 2.25. The minimum atomic E-state index is -0.613. The fourth-order valence-electron chi connectivity index (χ4n) is 2.98. The van der Waals surface area contributed by atoms with Crippen LogP contribution in [0.3, 0.4) is 0 Å². The summed E-state index contributed by atoms with van der Waals surface area (Å²) in [6, 6.07) is 12.0. The van der Waals surface area contributed by atoms with Crippen molar-refractivity contribution in [3.63, 3.8) is 0 Å². The molecule has 2 aromatic rings. The van der Waals surface area contributed by atoms with Gasteiger partial charge in [-0.05, 0) is 24.3 Å². The molecule has 7 nitrogen and oxygen atoms in total. The van der Waals surface area contributed by atoms with Crippen molar-refractivity contribution >= 4 is 11.8 Å². The molecule has 2 atom stereocenters. The number of hydrogen-bond donors (Lipinski definition) is 1. The molecule has 26 heavy (non-hydrogen) atoms. The number of carbonyl (C=O) groups excluding carboxylic acids is 2. The molecule has 7 heteroatoms. The number of likely N-dealkylation sites (tertiary alicyclic amines) is 1. The van der Waals surface area contributed by atoms with Gasteiger partial charge in [-0.1, -0.05) is 18.2 Å². The molecule has 0 radical (unpaired) electrons. The third kappa shape index (κ3) is 4.23. The highest BCUT2D eigenvalue weighted by atomic mass is 16.5. The summed E-state index contributed by atoms with van der Waals surface area (Å²) in [4.78, 5) is 26.8. The summed E-state index contributed by atoms with van der Waals surface area (Å²) in [5.74, 6) is 0.380. The second-order valence-electron chi connectivity index (χ2n) is 6.02. The van der Waals surface area contributed by atoms with E-state index in [-0.39, 0.29) is 23.7 Å². The van der Waals surface area contributed by atoms with Gasteiger partial charge in [-0.2, -0.15) is 0 Å². The molecule has 1 fully saturated rings. The van der Waals surface area contributed by atoms with E-state index < -0.39 is 6.04 Å². The molecule has 1 aromatic heterocycles. The molecule has 3 rings (SSSR count). The Morgan fingerprint density at radius 1 is 1.23 bits per heavy atom. The molecular formula is C19H22N2O5. The summed E-state index contributed by atoms with van der Waals surface area (Å²) in [6.07, 6.45) is 1.59. The van der Waals surface area contributed by atoms with Gasteiger partial charge in [0.2, 0.25) is 5.91 Å². The molecule has 138 valence electrons. The zero-order chi connectivity index (χ0) is 18.4. The van der Waals surface area contributed by atoms with Gasteiger partial charge in [0.05, 0.1) is 19.4 Å². The first-order valence-corrected chi connectivity index (χ1v) is 8.52. The van der Waals surface area contributed by atoms with Crippen LogP contribution in [0, 0.1) is 0 Å². The maximum atomic E-state index is 12.7. The lowest BCUT2D eigenvalue weighted by Crippen LogP contribution is -2.46. The quantitative estimate of drug-likeness (QED) is 0.762. The number of methoxy groups -OCH3 is 1. The van der Waals surface area contributed by atoms with Crippen LogP contribution in [0.5, 0.6) is 5.75 Å². The largest absolute Gasteiger partial charge is 0.488 e. The predicted molar refractivity (Wildman–Crippen MR) is 93.9 cm³/mol. The van der Waals surface area contributed by atoms with Crippen molar-refractivity contribution in [2.45, 2.75) is 18.6 Å².